The maximum Gasteiger partial charge on any atom is 0.162 e. The van der Waals surface area contributed by atoms with Gasteiger partial charge in [-0.2, -0.15) is 0 Å². The second-order valence-corrected chi connectivity index (χ2v) is 5.43. The van der Waals surface area contributed by atoms with Crippen LogP contribution in [0.15, 0.2) is 10.6 Å². The molecule has 0 bridgehead atoms. The highest BCUT2D eigenvalue weighted by Crippen LogP contribution is 2.23. The molecule has 19 heavy (non-hydrogen) atoms. The molecule has 0 aliphatic heterocycles. The minimum atomic E-state index is 0.490. The van der Waals surface area contributed by atoms with Crippen molar-refractivity contribution in [1.82, 2.24) is 15.4 Å². The van der Waals surface area contributed by atoms with Gasteiger partial charge in [-0.25, -0.2) is 0 Å². The summed E-state index contributed by atoms with van der Waals surface area (Å²) in [6.07, 6.45) is 5.04. The Labute approximate surface area is 115 Å². The summed E-state index contributed by atoms with van der Waals surface area (Å²) < 4.78 is 10.2. The van der Waals surface area contributed by atoms with E-state index in [2.05, 4.69) is 29.5 Å². The fourth-order valence-corrected chi connectivity index (χ4v) is 2.83. The Kier molecular flexibility index (Phi) is 5.36. The van der Waals surface area contributed by atoms with Gasteiger partial charge in [0.05, 0.1) is 5.69 Å². The molecule has 1 heterocycles. The lowest BCUT2D eigenvalue weighted by Gasteiger charge is -2.34. The predicted octanol–water partition coefficient (Wildman–Crippen LogP) is 1.78. The monoisotopic (exact) mass is 267 g/mol. The zero-order valence-electron chi connectivity index (χ0n) is 12.2. The Morgan fingerprint density at radius 2 is 2.16 bits per heavy atom. The molecule has 0 atom stereocenters. The highest BCUT2D eigenvalue weighted by molar-refractivity contribution is 5.04. The van der Waals surface area contributed by atoms with Gasteiger partial charge in [0.25, 0.3) is 0 Å². The predicted molar refractivity (Wildman–Crippen MR) is 73.8 cm³/mol. The molecule has 0 amide bonds. The van der Waals surface area contributed by atoms with Gasteiger partial charge in [0, 0.05) is 31.8 Å². The van der Waals surface area contributed by atoms with Crippen LogP contribution in [0.3, 0.4) is 0 Å². The normalized spacial score (nSPS) is 24.0. The van der Waals surface area contributed by atoms with E-state index in [1.54, 1.807) is 7.11 Å². The molecule has 0 spiro atoms. The molecule has 1 aromatic heterocycles. The Hall–Kier alpha value is -0.910. The van der Waals surface area contributed by atoms with Crippen molar-refractivity contribution in [2.75, 3.05) is 21.2 Å². The molecule has 5 heteroatoms. The largest absolute Gasteiger partial charge is 0.377 e. The van der Waals surface area contributed by atoms with Crippen molar-refractivity contribution < 1.29 is 9.26 Å². The summed E-state index contributed by atoms with van der Waals surface area (Å²) in [5, 5.41) is 7.46. The van der Waals surface area contributed by atoms with Gasteiger partial charge >= 0.3 is 0 Å². The lowest BCUT2D eigenvalue weighted by atomic mass is 9.90. The van der Waals surface area contributed by atoms with Crippen LogP contribution < -0.4 is 5.32 Å². The van der Waals surface area contributed by atoms with Crippen LogP contribution in [0.2, 0.25) is 0 Å². The SMILES string of the molecule is CNC1CCC(N(C)Cc2cc(COC)on2)CC1. The molecule has 0 unspecified atom stereocenters. The van der Waals surface area contributed by atoms with E-state index in [-0.39, 0.29) is 0 Å². The van der Waals surface area contributed by atoms with Crippen molar-refractivity contribution in [3.63, 3.8) is 0 Å². The van der Waals surface area contributed by atoms with Crippen LogP contribution in [0.4, 0.5) is 0 Å². The topological polar surface area (TPSA) is 50.5 Å². The summed E-state index contributed by atoms with van der Waals surface area (Å²) >= 11 is 0. The molecule has 2 rings (SSSR count). The Bertz CT molecular complexity index is 373. The van der Waals surface area contributed by atoms with Crippen LogP contribution in [0.5, 0.6) is 0 Å². The van der Waals surface area contributed by atoms with Gasteiger partial charge in [0.2, 0.25) is 0 Å². The van der Waals surface area contributed by atoms with E-state index >= 15 is 0 Å². The van der Waals surface area contributed by atoms with Crippen molar-refractivity contribution in [2.24, 2.45) is 0 Å². The van der Waals surface area contributed by atoms with Gasteiger partial charge in [-0.1, -0.05) is 5.16 Å². The molecule has 0 aromatic carbocycles. The Balaban J connectivity index is 1.81. The molecule has 1 aliphatic carbocycles. The summed E-state index contributed by atoms with van der Waals surface area (Å²) in [7, 11) is 5.89. The third-order valence-electron chi connectivity index (χ3n) is 4.03. The fraction of sp³-hybridized carbons (Fsp3) is 0.786. The van der Waals surface area contributed by atoms with Gasteiger partial charge in [-0.15, -0.1) is 0 Å². The van der Waals surface area contributed by atoms with Gasteiger partial charge in [0.1, 0.15) is 6.61 Å². The fourth-order valence-electron chi connectivity index (χ4n) is 2.83. The second kappa shape index (κ2) is 7.03. The number of methoxy groups -OCH3 is 1. The number of aromatic nitrogens is 1. The summed E-state index contributed by atoms with van der Waals surface area (Å²) in [5.74, 6) is 0.796. The average Bonchev–Trinajstić information content (AvgIpc) is 2.86. The number of rotatable bonds is 6. The molecule has 0 saturated heterocycles. The first-order valence-corrected chi connectivity index (χ1v) is 7.03. The molecule has 5 nitrogen and oxygen atoms in total. The summed E-state index contributed by atoms with van der Waals surface area (Å²) in [4.78, 5) is 2.39. The molecule has 1 aliphatic rings. The smallest absolute Gasteiger partial charge is 0.162 e. The maximum atomic E-state index is 5.22. The molecule has 1 N–H and O–H groups in total. The van der Waals surface area contributed by atoms with Gasteiger partial charge in [0.15, 0.2) is 5.76 Å². The van der Waals surface area contributed by atoms with Crippen molar-refractivity contribution >= 4 is 0 Å². The van der Waals surface area contributed by atoms with Crippen LogP contribution in [-0.2, 0) is 17.9 Å². The van der Waals surface area contributed by atoms with Crippen molar-refractivity contribution in [3.8, 4) is 0 Å². The zero-order valence-corrected chi connectivity index (χ0v) is 12.2. The third-order valence-corrected chi connectivity index (χ3v) is 4.03. The average molecular weight is 267 g/mol. The standard InChI is InChI=1S/C14H25N3O2/c1-15-11-4-6-13(7-5-11)17(2)9-12-8-14(10-18-3)19-16-12/h8,11,13,15H,4-7,9-10H2,1-3H3. The van der Waals surface area contributed by atoms with Crippen molar-refractivity contribution in [3.05, 3.63) is 17.5 Å². The van der Waals surface area contributed by atoms with E-state index < -0.39 is 0 Å². The van der Waals surface area contributed by atoms with Gasteiger partial charge in [-0.05, 0) is 39.8 Å². The first-order valence-electron chi connectivity index (χ1n) is 7.03. The highest BCUT2D eigenvalue weighted by atomic mass is 16.5. The zero-order chi connectivity index (χ0) is 13.7. The van der Waals surface area contributed by atoms with Crippen LogP contribution in [-0.4, -0.2) is 43.3 Å². The number of hydrogen-bond acceptors (Lipinski definition) is 5. The lowest BCUT2D eigenvalue weighted by Crippen LogP contribution is -2.39. The molecule has 1 fully saturated rings. The first kappa shape index (κ1) is 14.5. The van der Waals surface area contributed by atoms with Gasteiger partial charge < -0.3 is 14.6 Å². The molecule has 108 valence electrons. The molecule has 1 aromatic rings. The molecular formula is C14H25N3O2. The number of ether oxygens (including phenoxy) is 1. The van der Waals surface area contributed by atoms with Crippen LogP contribution >= 0.6 is 0 Å². The lowest BCUT2D eigenvalue weighted by molar-refractivity contribution is 0.153. The van der Waals surface area contributed by atoms with Crippen LogP contribution in [0, 0.1) is 0 Å². The molecule has 1 saturated carbocycles. The number of nitrogens with one attached hydrogen (secondary N) is 1. The van der Waals surface area contributed by atoms with Crippen molar-refractivity contribution in [1.29, 1.82) is 0 Å². The minimum absolute atomic E-state index is 0.490. The minimum Gasteiger partial charge on any atom is -0.377 e. The Morgan fingerprint density at radius 3 is 2.79 bits per heavy atom. The maximum absolute atomic E-state index is 5.22. The van der Waals surface area contributed by atoms with E-state index in [1.807, 2.05) is 6.07 Å². The van der Waals surface area contributed by atoms with Crippen LogP contribution in [0.1, 0.15) is 37.1 Å². The van der Waals surface area contributed by atoms with E-state index in [9.17, 15) is 0 Å². The van der Waals surface area contributed by atoms with Crippen LogP contribution in [0.25, 0.3) is 0 Å². The number of hydrogen-bond donors (Lipinski definition) is 1. The summed E-state index contributed by atoms with van der Waals surface area (Å²) in [6, 6.07) is 3.34. The van der Waals surface area contributed by atoms with E-state index in [0.717, 1.165) is 18.0 Å². The van der Waals surface area contributed by atoms with E-state index in [4.69, 9.17) is 9.26 Å². The highest BCUT2D eigenvalue weighted by Gasteiger charge is 2.23. The van der Waals surface area contributed by atoms with Crippen molar-refractivity contribution in [2.45, 2.75) is 50.9 Å². The summed E-state index contributed by atoms with van der Waals surface area (Å²) in [5.41, 5.74) is 0.991. The third kappa shape index (κ3) is 4.03. The number of nitrogens with zero attached hydrogens (tertiary/aromatic N) is 2. The Morgan fingerprint density at radius 1 is 1.42 bits per heavy atom. The van der Waals surface area contributed by atoms with E-state index in [0.29, 0.717) is 18.7 Å². The quantitative estimate of drug-likeness (QED) is 0.851. The first-order chi connectivity index (χ1) is 9.22. The second-order valence-electron chi connectivity index (χ2n) is 5.43. The summed E-state index contributed by atoms with van der Waals surface area (Å²) in [6.45, 7) is 1.34. The van der Waals surface area contributed by atoms with E-state index in [1.165, 1.54) is 25.7 Å². The van der Waals surface area contributed by atoms with Gasteiger partial charge in [-0.3, -0.25) is 4.90 Å². The molecular weight excluding hydrogens is 242 g/mol. The molecule has 0 radical (unpaired) electrons.